The van der Waals surface area contributed by atoms with Gasteiger partial charge in [0.05, 0.1) is 6.20 Å². The van der Waals surface area contributed by atoms with E-state index in [1.54, 1.807) is 6.92 Å². The molecule has 0 fully saturated rings. The lowest BCUT2D eigenvalue weighted by Gasteiger charge is -2.45. The van der Waals surface area contributed by atoms with Crippen LogP contribution in [0.5, 0.6) is 5.75 Å². The minimum Gasteiger partial charge on any atom is -0.433 e. The van der Waals surface area contributed by atoms with E-state index in [0.717, 1.165) is 21.8 Å². The highest BCUT2D eigenvalue weighted by atomic mass is 32.2. The summed E-state index contributed by atoms with van der Waals surface area (Å²) in [7, 11) is -2.51. The number of thiazole rings is 1. The van der Waals surface area contributed by atoms with Crippen molar-refractivity contribution in [2.45, 2.75) is 37.7 Å². The molecule has 1 aliphatic heterocycles. The van der Waals surface area contributed by atoms with E-state index in [1.807, 2.05) is 0 Å². The number of nitrogens with one attached hydrogen (secondary N) is 1. The van der Waals surface area contributed by atoms with Crippen LogP contribution in [0.3, 0.4) is 0 Å². The van der Waals surface area contributed by atoms with E-state index in [2.05, 4.69) is 25.0 Å². The standard InChI is InChI=1S/C17H20F2N6O4S2/c1-16(2)17(3,24-15(20)25(4)31(16,27)28)13-23-11(8-30-13)22-12(26)10-6-5-9(7-21-10)29-14(18)19/h5-8,14H,1-4H3,(H2,20,24)(H,22,26)/t17-/m1/s1. The number of anilines is 1. The Morgan fingerprint density at radius 1 is 1.32 bits per heavy atom. The second-order valence-corrected chi connectivity index (χ2v) is 10.7. The maximum atomic E-state index is 12.9. The van der Waals surface area contributed by atoms with Crippen LogP contribution in [-0.4, -0.2) is 53.0 Å². The molecule has 0 unspecified atom stereocenters. The van der Waals surface area contributed by atoms with Gasteiger partial charge in [-0.25, -0.2) is 27.7 Å². The lowest BCUT2D eigenvalue weighted by molar-refractivity contribution is -0.0500. The maximum Gasteiger partial charge on any atom is 0.387 e. The number of nitrogens with two attached hydrogens (primary N) is 1. The van der Waals surface area contributed by atoms with Gasteiger partial charge in [0, 0.05) is 12.4 Å². The molecule has 0 saturated heterocycles. The predicted molar refractivity (Wildman–Crippen MR) is 111 cm³/mol. The van der Waals surface area contributed by atoms with E-state index >= 15 is 0 Å². The van der Waals surface area contributed by atoms with Crippen molar-refractivity contribution in [3.05, 3.63) is 34.4 Å². The first-order chi connectivity index (χ1) is 14.3. The summed E-state index contributed by atoms with van der Waals surface area (Å²) in [5, 5.41) is 4.39. The zero-order valence-electron chi connectivity index (χ0n) is 17.0. The number of aliphatic imine (C=N–C) groups is 1. The van der Waals surface area contributed by atoms with Crippen molar-refractivity contribution >= 4 is 39.0 Å². The van der Waals surface area contributed by atoms with Crippen LogP contribution >= 0.6 is 11.3 Å². The molecule has 168 valence electrons. The average Bonchev–Trinajstić information content (AvgIpc) is 3.15. The molecule has 2 aromatic heterocycles. The Labute approximate surface area is 181 Å². The molecule has 3 heterocycles. The van der Waals surface area contributed by atoms with Crippen LogP contribution in [0.2, 0.25) is 0 Å². The van der Waals surface area contributed by atoms with Gasteiger partial charge in [-0.1, -0.05) is 0 Å². The first-order valence-electron chi connectivity index (χ1n) is 8.81. The van der Waals surface area contributed by atoms with E-state index in [4.69, 9.17) is 5.73 Å². The number of guanidine groups is 1. The van der Waals surface area contributed by atoms with Crippen LogP contribution in [0.4, 0.5) is 14.6 Å². The molecule has 3 rings (SSSR count). The van der Waals surface area contributed by atoms with Gasteiger partial charge in [-0.05, 0) is 32.9 Å². The van der Waals surface area contributed by atoms with Crippen molar-refractivity contribution in [2.24, 2.45) is 10.7 Å². The van der Waals surface area contributed by atoms with Crippen LogP contribution in [0.1, 0.15) is 36.3 Å². The third-order valence-corrected chi connectivity index (χ3v) is 8.84. The van der Waals surface area contributed by atoms with Crippen molar-refractivity contribution in [3.63, 3.8) is 0 Å². The highest BCUT2D eigenvalue weighted by Gasteiger charge is 2.58. The maximum absolute atomic E-state index is 12.9. The molecule has 0 saturated carbocycles. The largest absolute Gasteiger partial charge is 0.433 e. The summed E-state index contributed by atoms with van der Waals surface area (Å²) >= 11 is 1.11. The number of hydrogen-bond acceptors (Lipinski definition) is 9. The molecule has 0 bridgehead atoms. The van der Waals surface area contributed by atoms with Crippen LogP contribution < -0.4 is 15.8 Å². The Morgan fingerprint density at radius 3 is 2.58 bits per heavy atom. The van der Waals surface area contributed by atoms with Gasteiger partial charge in [-0.3, -0.25) is 4.79 Å². The monoisotopic (exact) mass is 474 g/mol. The van der Waals surface area contributed by atoms with Crippen molar-refractivity contribution in [3.8, 4) is 5.75 Å². The first-order valence-corrected chi connectivity index (χ1v) is 11.1. The molecule has 0 spiro atoms. The van der Waals surface area contributed by atoms with Crippen LogP contribution in [0, 0.1) is 0 Å². The van der Waals surface area contributed by atoms with E-state index < -0.39 is 32.8 Å². The number of carbonyl (C=O) groups excluding carboxylic acids is 1. The summed E-state index contributed by atoms with van der Waals surface area (Å²) in [4.78, 5) is 24.9. The fraction of sp³-hybridized carbons (Fsp3) is 0.412. The highest BCUT2D eigenvalue weighted by Crippen LogP contribution is 2.46. The van der Waals surface area contributed by atoms with Crippen molar-refractivity contribution in [1.82, 2.24) is 14.3 Å². The zero-order chi connectivity index (χ0) is 23.2. The minimum atomic E-state index is -3.83. The lowest BCUT2D eigenvalue weighted by atomic mass is 9.88. The Hall–Kier alpha value is -2.87. The molecule has 10 nitrogen and oxygen atoms in total. The smallest absolute Gasteiger partial charge is 0.387 e. The fourth-order valence-electron chi connectivity index (χ4n) is 2.88. The average molecular weight is 475 g/mol. The molecule has 1 aliphatic rings. The number of carbonyl (C=O) groups is 1. The topological polar surface area (TPSA) is 140 Å². The molecule has 0 radical (unpaired) electrons. The number of amides is 1. The molecule has 14 heteroatoms. The third-order valence-electron chi connectivity index (χ3n) is 5.19. The van der Waals surface area contributed by atoms with E-state index in [9.17, 15) is 22.0 Å². The number of hydrogen-bond donors (Lipinski definition) is 2. The van der Waals surface area contributed by atoms with Gasteiger partial charge in [0.15, 0.2) is 0 Å². The summed E-state index contributed by atoms with van der Waals surface area (Å²) in [6.07, 6.45) is 0.998. The second-order valence-electron chi connectivity index (χ2n) is 7.27. The summed E-state index contributed by atoms with van der Waals surface area (Å²) in [6, 6.07) is 2.41. The normalized spacial score (nSPS) is 22.2. The van der Waals surface area contributed by atoms with Crippen LogP contribution in [-0.2, 0) is 15.6 Å². The molecule has 0 aliphatic carbocycles. The lowest BCUT2D eigenvalue weighted by Crippen LogP contribution is -2.61. The number of alkyl halides is 2. The number of ether oxygens (including phenoxy) is 1. The van der Waals surface area contributed by atoms with Crippen LogP contribution in [0.25, 0.3) is 0 Å². The fourth-order valence-corrected chi connectivity index (χ4v) is 5.58. The second kappa shape index (κ2) is 7.67. The van der Waals surface area contributed by atoms with E-state index in [-0.39, 0.29) is 23.2 Å². The molecule has 3 N–H and O–H groups in total. The number of sulfonamides is 1. The predicted octanol–water partition coefficient (Wildman–Crippen LogP) is 1.98. The Morgan fingerprint density at radius 2 is 2.00 bits per heavy atom. The van der Waals surface area contributed by atoms with Gasteiger partial charge < -0.3 is 15.8 Å². The summed E-state index contributed by atoms with van der Waals surface area (Å²) in [5.41, 5.74) is 4.48. The molecule has 31 heavy (non-hydrogen) atoms. The minimum absolute atomic E-state index is 0.0492. The Bertz CT molecular complexity index is 1130. The zero-order valence-corrected chi connectivity index (χ0v) is 18.6. The van der Waals surface area contributed by atoms with Gasteiger partial charge in [0.25, 0.3) is 5.91 Å². The molecular weight excluding hydrogens is 454 g/mol. The number of nitrogens with zero attached hydrogens (tertiary/aromatic N) is 4. The molecular formula is C17H20F2N6O4S2. The Kier molecular flexibility index (Phi) is 5.65. The van der Waals surface area contributed by atoms with Crippen LogP contribution in [0.15, 0.2) is 28.7 Å². The highest BCUT2D eigenvalue weighted by molar-refractivity contribution is 7.91. The van der Waals surface area contributed by atoms with Crippen molar-refractivity contribution in [2.75, 3.05) is 12.4 Å². The van der Waals surface area contributed by atoms with Gasteiger partial charge in [-0.15, -0.1) is 11.3 Å². The van der Waals surface area contributed by atoms with Gasteiger partial charge in [-0.2, -0.15) is 8.78 Å². The molecule has 0 aromatic carbocycles. The summed E-state index contributed by atoms with van der Waals surface area (Å²) < 4.78 is 54.0. The number of halogens is 2. The molecule has 2 aromatic rings. The number of rotatable bonds is 5. The quantitative estimate of drug-likeness (QED) is 0.675. The summed E-state index contributed by atoms with van der Waals surface area (Å²) in [6.45, 7) is 1.67. The van der Waals surface area contributed by atoms with Crippen molar-refractivity contribution < 1.29 is 26.7 Å². The van der Waals surface area contributed by atoms with Gasteiger partial charge >= 0.3 is 6.61 Å². The van der Waals surface area contributed by atoms with Crippen molar-refractivity contribution in [1.29, 1.82) is 0 Å². The third kappa shape index (κ3) is 3.80. The molecule has 1 atom stereocenters. The number of aromatic nitrogens is 2. The van der Waals surface area contributed by atoms with Gasteiger partial charge in [0.2, 0.25) is 16.0 Å². The van der Waals surface area contributed by atoms with E-state index in [0.29, 0.717) is 5.01 Å². The first kappa shape index (κ1) is 22.8. The molecule has 1 amide bonds. The summed E-state index contributed by atoms with van der Waals surface area (Å²) in [5.74, 6) is -0.833. The Balaban J connectivity index is 1.85. The SMILES string of the molecule is CN1C(N)=N[C@](C)(c2nc(NC(=O)c3ccc(OC(F)F)cn3)cs2)C(C)(C)S1(=O)=O. The van der Waals surface area contributed by atoms with Gasteiger partial charge in [0.1, 0.15) is 32.6 Å². The number of pyridine rings is 1. The van der Waals surface area contributed by atoms with E-state index in [1.165, 1.54) is 38.4 Å².